The Morgan fingerprint density at radius 3 is 2.41 bits per heavy atom. The summed E-state index contributed by atoms with van der Waals surface area (Å²) in [5.74, 6) is 7.62. The number of aryl methyl sites for hydroxylation is 1. The molecule has 0 aliphatic carbocycles. The van der Waals surface area contributed by atoms with Crippen molar-refractivity contribution in [3.05, 3.63) is 118 Å². The summed E-state index contributed by atoms with van der Waals surface area (Å²) in [6.45, 7) is 7.67. The number of allylic oxidation sites excluding steroid dienone is 1. The largest absolute Gasteiger partial charge is 0.402 e. The molecular formula is C51H58N8O5. The molecule has 13 nitrogen and oxygen atoms in total. The van der Waals surface area contributed by atoms with Crippen LogP contribution in [0.1, 0.15) is 96.7 Å². The van der Waals surface area contributed by atoms with Crippen LogP contribution in [0.15, 0.2) is 84.6 Å². The highest BCUT2D eigenvalue weighted by Gasteiger charge is 2.39. The first kappa shape index (κ1) is 44.3. The second kappa shape index (κ2) is 20.4. The zero-order chi connectivity index (χ0) is 44.6. The smallest absolute Gasteiger partial charge is 0.255 e. The molecule has 4 aliphatic rings. The number of carbonyl (C=O) groups is 4. The van der Waals surface area contributed by atoms with Crippen molar-refractivity contribution in [2.75, 3.05) is 57.3 Å². The van der Waals surface area contributed by atoms with Gasteiger partial charge in [0, 0.05) is 105 Å². The van der Waals surface area contributed by atoms with Gasteiger partial charge < -0.3 is 25.5 Å². The summed E-state index contributed by atoms with van der Waals surface area (Å²) in [7, 11) is 0. The fourth-order valence-corrected chi connectivity index (χ4v) is 9.32. The third-order valence-electron chi connectivity index (χ3n) is 12.9. The van der Waals surface area contributed by atoms with E-state index in [1.807, 2.05) is 54.3 Å². The molecular weight excluding hydrogens is 805 g/mol. The normalized spacial score (nSPS) is 18.6. The summed E-state index contributed by atoms with van der Waals surface area (Å²) < 4.78 is 0. The van der Waals surface area contributed by atoms with Crippen molar-refractivity contribution in [1.29, 1.82) is 0 Å². The van der Waals surface area contributed by atoms with E-state index in [2.05, 4.69) is 57.3 Å². The number of hydrogen-bond donors (Lipinski definition) is 3. The number of anilines is 1. The van der Waals surface area contributed by atoms with Gasteiger partial charge in [0.1, 0.15) is 11.9 Å². The van der Waals surface area contributed by atoms with Crippen LogP contribution in [-0.2, 0) is 27.3 Å². The Labute approximate surface area is 375 Å². The summed E-state index contributed by atoms with van der Waals surface area (Å²) in [5, 5.41) is 11.8. The molecule has 13 heteroatoms. The van der Waals surface area contributed by atoms with E-state index in [-0.39, 0.29) is 36.7 Å². The van der Waals surface area contributed by atoms with Crippen molar-refractivity contribution in [2.45, 2.75) is 77.3 Å². The molecule has 0 spiro atoms. The average molecular weight is 863 g/mol. The number of rotatable bonds is 13. The molecule has 3 aromatic carbocycles. The van der Waals surface area contributed by atoms with Crippen molar-refractivity contribution >= 4 is 35.0 Å². The molecule has 4 amide bonds. The van der Waals surface area contributed by atoms with Gasteiger partial charge in [-0.2, -0.15) is 0 Å². The lowest BCUT2D eigenvalue weighted by Gasteiger charge is -2.35. The molecule has 4 aliphatic heterocycles. The molecule has 64 heavy (non-hydrogen) atoms. The zero-order valence-electron chi connectivity index (χ0n) is 36.7. The van der Waals surface area contributed by atoms with E-state index in [4.69, 9.17) is 15.7 Å². The molecule has 1 aromatic heterocycles. The summed E-state index contributed by atoms with van der Waals surface area (Å²) in [6.07, 6.45) is 6.33. The van der Waals surface area contributed by atoms with Gasteiger partial charge in [-0.3, -0.25) is 29.4 Å². The Morgan fingerprint density at radius 1 is 0.875 bits per heavy atom. The number of nitrogens with zero attached hydrogens (tertiary/aromatic N) is 6. The van der Waals surface area contributed by atoms with Crippen LogP contribution in [0.25, 0.3) is 16.8 Å². The molecule has 0 bridgehead atoms. The quantitative estimate of drug-likeness (QED) is 0.0931. The van der Waals surface area contributed by atoms with Gasteiger partial charge in [0.2, 0.25) is 17.7 Å². The minimum Gasteiger partial charge on any atom is -0.402 e. The topological polar surface area (TPSA) is 165 Å². The maximum atomic E-state index is 13.2. The average Bonchev–Trinajstić information content (AvgIpc) is 3.64. The number of benzene rings is 3. The summed E-state index contributed by atoms with van der Waals surface area (Å²) in [5.41, 5.74) is 14.2. The number of piperazine rings is 1. The van der Waals surface area contributed by atoms with Gasteiger partial charge >= 0.3 is 0 Å². The molecule has 3 fully saturated rings. The van der Waals surface area contributed by atoms with Crippen LogP contribution < -0.4 is 16.0 Å². The Hall–Kier alpha value is -6.36. The Morgan fingerprint density at radius 2 is 1.66 bits per heavy atom. The molecule has 5 heterocycles. The number of likely N-dealkylation sites (tertiary alicyclic amines) is 1. The lowest BCUT2D eigenvalue weighted by molar-refractivity contribution is -0.137. The molecule has 4 N–H and O–H groups in total. The van der Waals surface area contributed by atoms with Crippen molar-refractivity contribution in [1.82, 2.24) is 30.0 Å². The second-order valence-corrected chi connectivity index (χ2v) is 17.3. The van der Waals surface area contributed by atoms with Gasteiger partial charge in [-0.1, -0.05) is 72.9 Å². The summed E-state index contributed by atoms with van der Waals surface area (Å²) >= 11 is 0. The third kappa shape index (κ3) is 10.4. The zero-order valence-corrected chi connectivity index (χ0v) is 36.7. The maximum Gasteiger partial charge on any atom is 0.255 e. The third-order valence-corrected chi connectivity index (χ3v) is 12.9. The van der Waals surface area contributed by atoms with Crippen LogP contribution in [0.5, 0.6) is 0 Å². The molecule has 332 valence electrons. The van der Waals surface area contributed by atoms with E-state index in [0.717, 1.165) is 104 Å². The molecule has 4 aromatic rings. The van der Waals surface area contributed by atoms with Gasteiger partial charge in [0.15, 0.2) is 5.82 Å². The van der Waals surface area contributed by atoms with Crippen LogP contribution in [0.3, 0.4) is 0 Å². The number of piperidine rings is 2. The van der Waals surface area contributed by atoms with Crippen LogP contribution >= 0.6 is 0 Å². The predicted octanol–water partition coefficient (Wildman–Crippen LogP) is 5.15. The fourth-order valence-electron chi connectivity index (χ4n) is 9.32. The Bertz CT molecular complexity index is 2460. The van der Waals surface area contributed by atoms with Gasteiger partial charge in [-0.25, -0.2) is 9.97 Å². The summed E-state index contributed by atoms with van der Waals surface area (Å²) in [6, 6.07) is 25.6. The van der Waals surface area contributed by atoms with E-state index in [0.29, 0.717) is 56.1 Å². The number of aliphatic hydroxyl groups is 1. The van der Waals surface area contributed by atoms with Crippen molar-refractivity contribution < 1.29 is 24.3 Å². The summed E-state index contributed by atoms with van der Waals surface area (Å²) in [4.78, 5) is 68.9. The SMILES string of the molecule is CC(N)=C(c1ccccc1)c1nc(-c2cccc(CCCCCC(=O)N3CCC(C#Cc4cccc5c4CN(C4CCC(=O)NC4=O)C5=O)CC3)c2)cc(N2CCN(CCO)CC2)n1. The minimum atomic E-state index is -0.659. The Kier molecular flexibility index (Phi) is 14.1. The number of imide groups is 1. The molecule has 0 radical (unpaired) electrons. The minimum absolute atomic E-state index is 0.151. The molecule has 3 saturated heterocycles. The first-order valence-corrected chi connectivity index (χ1v) is 22.8. The molecule has 1 atom stereocenters. The number of hydrogen-bond acceptors (Lipinski definition) is 10. The molecule has 1 unspecified atom stereocenters. The van der Waals surface area contributed by atoms with Gasteiger partial charge in [0.05, 0.1) is 12.3 Å². The highest BCUT2D eigenvalue weighted by Crippen LogP contribution is 2.32. The lowest BCUT2D eigenvalue weighted by atomic mass is 9.95. The second-order valence-electron chi connectivity index (χ2n) is 17.3. The standard InChI is InChI=1S/C51H58N8O5/c1-35(52)48(39-12-5-3-6-13-39)49-53-43(33-45(54-49)57-28-26-56(27-29-57)30-31-60)40-15-8-11-37(32-40)10-4-2-7-17-47(62)58-24-22-36(23-25-58)18-19-38-14-9-16-41-42(38)34-59(51(41)64)44-20-21-46(61)55-50(44)63/h3,5-6,8-9,11-16,32-33,36,44,60H,2,4,7,10,17,20-31,34,52H2,1H3,(H,55,61,63). The number of fused-ring (bicyclic) bond motifs is 1. The monoisotopic (exact) mass is 862 g/mol. The number of aromatic nitrogens is 2. The van der Waals surface area contributed by atoms with E-state index in [1.165, 1.54) is 5.56 Å². The molecule has 8 rings (SSSR count). The van der Waals surface area contributed by atoms with Crippen LogP contribution in [0.4, 0.5) is 5.82 Å². The Balaban J connectivity index is 0.833. The predicted molar refractivity (Wildman–Crippen MR) is 246 cm³/mol. The van der Waals surface area contributed by atoms with Crippen molar-refractivity contribution in [3.8, 4) is 23.1 Å². The molecule has 0 saturated carbocycles. The maximum absolute atomic E-state index is 13.2. The number of unbranched alkanes of at least 4 members (excludes halogenated alkanes) is 2. The van der Waals surface area contributed by atoms with Crippen molar-refractivity contribution in [3.63, 3.8) is 0 Å². The van der Waals surface area contributed by atoms with Gasteiger partial charge in [-0.15, -0.1) is 0 Å². The number of nitrogens with two attached hydrogens (primary N) is 1. The van der Waals surface area contributed by atoms with E-state index >= 15 is 0 Å². The van der Waals surface area contributed by atoms with Crippen LogP contribution in [-0.4, -0.2) is 112 Å². The number of aliphatic hydroxyl groups excluding tert-OH is 1. The van der Waals surface area contributed by atoms with E-state index in [1.54, 1.807) is 11.0 Å². The van der Waals surface area contributed by atoms with Gasteiger partial charge in [-0.05, 0) is 80.3 Å². The number of amides is 4. The highest BCUT2D eigenvalue weighted by molar-refractivity contribution is 6.05. The first-order valence-electron chi connectivity index (χ1n) is 22.8. The van der Waals surface area contributed by atoms with Gasteiger partial charge in [0.25, 0.3) is 5.91 Å². The lowest BCUT2D eigenvalue weighted by Crippen LogP contribution is -2.52. The van der Waals surface area contributed by atoms with Crippen LogP contribution in [0.2, 0.25) is 0 Å². The number of carbonyl (C=O) groups excluding carboxylic acids is 4. The van der Waals surface area contributed by atoms with Crippen LogP contribution in [0, 0.1) is 17.8 Å². The number of β-amino-alcohol motifs (C(OH)–C–C–N with tert-alkyl or cyclic N) is 1. The van der Waals surface area contributed by atoms with E-state index < -0.39 is 11.9 Å². The highest BCUT2D eigenvalue weighted by atomic mass is 16.3. The fraction of sp³-hybridized carbons (Fsp3) is 0.412. The number of nitrogens with one attached hydrogen (secondary N) is 1. The van der Waals surface area contributed by atoms with E-state index in [9.17, 15) is 24.3 Å². The van der Waals surface area contributed by atoms with Crippen molar-refractivity contribution in [2.24, 2.45) is 11.7 Å². The first-order chi connectivity index (χ1) is 31.1.